The Balaban J connectivity index is 2.91. The molecule has 0 heterocycles. The Morgan fingerprint density at radius 1 is 1.41 bits per heavy atom. The summed E-state index contributed by atoms with van der Waals surface area (Å²) in [5.74, 6) is 5.61. The molecule has 5 heteroatoms. The number of hydrazine groups is 1. The van der Waals surface area contributed by atoms with Gasteiger partial charge >= 0.3 is 0 Å². The molecule has 0 spiro atoms. The minimum Gasteiger partial charge on any atom is -0.496 e. The molecule has 0 fully saturated rings. The van der Waals surface area contributed by atoms with E-state index in [1.807, 2.05) is 13.8 Å². The standard InChI is InChI=1S/C12H20FN3O/c1-12(2,7-15-8-16-14)10-6-9(13)4-5-11(10)17-3/h4-6,15-16H,7-8,14H2,1-3H3. The van der Waals surface area contributed by atoms with Crippen LogP contribution in [0.25, 0.3) is 0 Å². The smallest absolute Gasteiger partial charge is 0.123 e. The van der Waals surface area contributed by atoms with Crippen molar-refractivity contribution < 1.29 is 9.13 Å². The lowest BCUT2D eigenvalue weighted by molar-refractivity contribution is 0.381. The van der Waals surface area contributed by atoms with Gasteiger partial charge in [-0.05, 0) is 18.2 Å². The van der Waals surface area contributed by atoms with E-state index in [1.54, 1.807) is 13.2 Å². The van der Waals surface area contributed by atoms with E-state index in [0.29, 0.717) is 19.0 Å². The molecule has 0 saturated heterocycles. The van der Waals surface area contributed by atoms with Crippen LogP contribution in [0.5, 0.6) is 5.75 Å². The summed E-state index contributed by atoms with van der Waals surface area (Å²) in [6.45, 7) is 5.21. The lowest BCUT2D eigenvalue weighted by atomic mass is 9.84. The Bertz CT molecular complexity index is 369. The van der Waals surface area contributed by atoms with Gasteiger partial charge in [0.1, 0.15) is 11.6 Å². The second kappa shape index (κ2) is 5.95. The molecule has 0 aliphatic heterocycles. The summed E-state index contributed by atoms with van der Waals surface area (Å²) in [6, 6.07) is 4.55. The highest BCUT2D eigenvalue weighted by Crippen LogP contribution is 2.31. The highest BCUT2D eigenvalue weighted by molar-refractivity contribution is 5.39. The highest BCUT2D eigenvalue weighted by Gasteiger charge is 2.24. The summed E-state index contributed by atoms with van der Waals surface area (Å²) in [5, 5.41) is 3.13. The molecule has 1 aromatic rings. The molecule has 0 radical (unpaired) electrons. The number of benzene rings is 1. The van der Waals surface area contributed by atoms with Gasteiger partial charge in [-0.1, -0.05) is 13.8 Å². The van der Waals surface area contributed by atoms with Gasteiger partial charge in [-0.2, -0.15) is 0 Å². The van der Waals surface area contributed by atoms with Gasteiger partial charge in [0, 0.05) is 17.5 Å². The van der Waals surface area contributed by atoms with E-state index < -0.39 is 0 Å². The maximum atomic E-state index is 13.3. The normalized spacial score (nSPS) is 11.6. The first-order chi connectivity index (χ1) is 8.01. The molecular formula is C12H20FN3O. The lowest BCUT2D eigenvalue weighted by Crippen LogP contribution is -2.40. The van der Waals surface area contributed by atoms with E-state index in [2.05, 4.69) is 10.7 Å². The van der Waals surface area contributed by atoms with E-state index in [1.165, 1.54) is 12.1 Å². The van der Waals surface area contributed by atoms with Crippen LogP contribution in [-0.2, 0) is 5.41 Å². The molecule has 17 heavy (non-hydrogen) atoms. The van der Waals surface area contributed by atoms with Crippen LogP contribution in [0, 0.1) is 5.82 Å². The van der Waals surface area contributed by atoms with Gasteiger partial charge in [0.05, 0.1) is 13.8 Å². The van der Waals surface area contributed by atoms with Gasteiger partial charge in [0.2, 0.25) is 0 Å². The van der Waals surface area contributed by atoms with Gasteiger partial charge < -0.3 is 10.1 Å². The van der Waals surface area contributed by atoms with Crippen molar-refractivity contribution in [3.63, 3.8) is 0 Å². The molecule has 4 nitrogen and oxygen atoms in total. The van der Waals surface area contributed by atoms with Gasteiger partial charge in [0.25, 0.3) is 0 Å². The fourth-order valence-electron chi connectivity index (χ4n) is 1.75. The van der Waals surface area contributed by atoms with Crippen LogP contribution in [0.3, 0.4) is 0 Å². The van der Waals surface area contributed by atoms with Crippen LogP contribution in [-0.4, -0.2) is 20.3 Å². The number of ether oxygens (including phenoxy) is 1. The second-order valence-electron chi connectivity index (χ2n) is 4.54. The van der Waals surface area contributed by atoms with Crippen LogP contribution in [0.2, 0.25) is 0 Å². The van der Waals surface area contributed by atoms with E-state index in [4.69, 9.17) is 10.6 Å². The zero-order chi connectivity index (χ0) is 12.9. The lowest BCUT2D eigenvalue weighted by Gasteiger charge is -2.27. The summed E-state index contributed by atoms with van der Waals surface area (Å²) in [4.78, 5) is 0. The van der Waals surface area contributed by atoms with E-state index >= 15 is 0 Å². The fraction of sp³-hybridized carbons (Fsp3) is 0.500. The molecule has 0 atom stereocenters. The zero-order valence-electron chi connectivity index (χ0n) is 10.5. The number of rotatable bonds is 6. The minimum atomic E-state index is -0.258. The molecule has 0 aliphatic rings. The quantitative estimate of drug-likeness (QED) is 0.302. The average Bonchev–Trinajstić information content (AvgIpc) is 2.29. The number of nitrogens with two attached hydrogens (primary N) is 1. The van der Waals surface area contributed by atoms with Crippen molar-refractivity contribution in [3.05, 3.63) is 29.6 Å². The molecule has 0 amide bonds. The van der Waals surface area contributed by atoms with Crippen molar-refractivity contribution in [2.24, 2.45) is 5.84 Å². The van der Waals surface area contributed by atoms with E-state index in [-0.39, 0.29) is 11.2 Å². The Labute approximate surface area is 101 Å². The maximum Gasteiger partial charge on any atom is 0.123 e. The molecular weight excluding hydrogens is 221 g/mol. The Morgan fingerprint density at radius 2 is 2.12 bits per heavy atom. The number of methoxy groups -OCH3 is 1. The van der Waals surface area contributed by atoms with E-state index in [0.717, 1.165) is 5.56 Å². The van der Waals surface area contributed by atoms with Crippen LogP contribution >= 0.6 is 0 Å². The van der Waals surface area contributed by atoms with Crippen molar-refractivity contribution in [3.8, 4) is 5.75 Å². The van der Waals surface area contributed by atoms with Crippen LogP contribution in [0.1, 0.15) is 19.4 Å². The third-order valence-electron chi connectivity index (χ3n) is 2.68. The predicted molar refractivity (Wildman–Crippen MR) is 66.2 cm³/mol. The largest absolute Gasteiger partial charge is 0.496 e. The third kappa shape index (κ3) is 3.66. The first kappa shape index (κ1) is 13.9. The summed E-state index contributed by atoms with van der Waals surface area (Å²) >= 11 is 0. The van der Waals surface area contributed by atoms with Gasteiger partial charge in [-0.25, -0.2) is 9.82 Å². The highest BCUT2D eigenvalue weighted by atomic mass is 19.1. The Hall–Kier alpha value is -1.17. The maximum absolute atomic E-state index is 13.3. The van der Waals surface area contributed by atoms with Crippen LogP contribution in [0.4, 0.5) is 4.39 Å². The summed E-state index contributed by atoms with van der Waals surface area (Å²) in [5.41, 5.74) is 3.11. The number of halogens is 1. The molecule has 1 aromatic carbocycles. The first-order valence-electron chi connectivity index (χ1n) is 5.49. The fourth-order valence-corrected chi connectivity index (χ4v) is 1.75. The van der Waals surface area contributed by atoms with Crippen LogP contribution < -0.4 is 21.3 Å². The minimum absolute atomic E-state index is 0.246. The molecule has 0 aromatic heterocycles. The van der Waals surface area contributed by atoms with Crippen molar-refractivity contribution in [2.75, 3.05) is 20.3 Å². The van der Waals surface area contributed by atoms with Gasteiger partial charge in [-0.3, -0.25) is 5.84 Å². The summed E-state index contributed by atoms with van der Waals surface area (Å²) in [7, 11) is 1.59. The topological polar surface area (TPSA) is 59.3 Å². The molecule has 4 N–H and O–H groups in total. The molecule has 96 valence electrons. The van der Waals surface area contributed by atoms with Crippen LogP contribution in [0.15, 0.2) is 18.2 Å². The van der Waals surface area contributed by atoms with Crippen molar-refractivity contribution in [2.45, 2.75) is 19.3 Å². The SMILES string of the molecule is COc1ccc(F)cc1C(C)(C)CNCNN. The third-order valence-corrected chi connectivity index (χ3v) is 2.68. The number of hydrogen-bond donors (Lipinski definition) is 3. The number of hydrogen-bond acceptors (Lipinski definition) is 4. The Morgan fingerprint density at radius 3 is 2.71 bits per heavy atom. The molecule has 1 rings (SSSR count). The molecule has 0 bridgehead atoms. The second-order valence-corrected chi connectivity index (χ2v) is 4.54. The first-order valence-corrected chi connectivity index (χ1v) is 5.49. The van der Waals surface area contributed by atoms with E-state index in [9.17, 15) is 4.39 Å². The molecule has 0 aliphatic carbocycles. The number of nitrogens with one attached hydrogen (secondary N) is 2. The molecule has 0 unspecified atom stereocenters. The zero-order valence-corrected chi connectivity index (χ0v) is 10.5. The van der Waals surface area contributed by atoms with Gasteiger partial charge in [-0.15, -0.1) is 0 Å². The average molecular weight is 241 g/mol. The van der Waals surface area contributed by atoms with Crippen molar-refractivity contribution >= 4 is 0 Å². The Kier molecular flexibility index (Phi) is 4.86. The monoisotopic (exact) mass is 241 g/mol. The predicted octanol–water partition coefficient (Wildman–Crippen LogP) is 1.12. The van der Waals surface area contributed by atoms with Crippen molar-refractivity contribution in [1.29, 1.82) is 0 Å². The summed E-state index contributed by atoms with van der Waals surface area (Å²) in [6.07, 6.45) is 0. The summed E-state index contributed by atoms with van der Waals surface area (Å²) < 4.78 is 18.6. The van der Waals surface area contributed by atoms with Crippen molar-refractivity contribution in [1.82, 2.24) is 10.7 Å². The van der Waals surface area contributed by atoms with Gasteiger partial charge in [0.15, 0.2) is 0 Å². The molecule has 0 saturated carbocycles.